The molecular formula is C12H19ClN4O2Si. The predicted octanol–water partition coefficient (Wildman–Crippen LogP) is 2.80. The first-order valence-electron chi connectivity index (χ1n) is 6.41. The number of ether oxygens (including phenoxy) is 2. The van der Waals surface area contributed by atoms with Crippen molar-refractivity contribution in [1.82, 2.24) is 19.7 Å². The third-order valence-electron chi connectivity index (χ3n) is 2.84. The van der Waals surface area contributed by atoms with E-state index in [9.17, 15) is 0 Å². The van der Waals surface area contributed by atoms with E-state index in [0.717, 1.165) is 18.0 Å². The Hall–Kier alpha value is -1.18. The van der Waals surface area contributed by atoms with Crippen molar-refractivity contribution in [3.63, 3.8) is 0 Å². The van der Waals surface area contributed by atoms with E-state index in [1.54, 1.807) is 18.0 Å². The lowest BCUT2D eigenvalue weighted by molar-refractivity contribution is 0.0813. The lowest BCUT2D eigenvalue weighted by Gasteiger charge is -2.15. The molecule has 0 bridgehead atoms. The first-order chi connectivity index (χ1) is 9.40. The smallest absolute Gasteiger partial charge is 0.228 e. The van der Waals surface area contributed by atoms with Crippen molar-refractivity contribution in [2.45, 2.75) is 32.4 Å². The monoisotopic (exact) mass is 314 g/mol. The minimum Gasteiger partial charge on any atom is -0.480 e. The lowest BCUT2D eigenvalue weighted by atomic mass is 10.4. The van der Waals surface area contributed by atoms with E-state index < -0.39 is 8.07 Å². The van der Waals surface area contributed by atoms with Gasteiger partial charge in [0.25, 0.3) is 0 Å². The summed E-state index contributed by atoms with van der Waals surface area (Å²) in [5.41, 5.74) is 0.620. The first-order valence-corrected chi connectivity index (χ1v) is 10.5. The molecule has 0 saturated heterocycles. The van der Waals surface area contributed by atoms with Gasteiger partial charge < -0.3 is 9.47 Å². The molecule has 2 aromatic heterocycles. The number of methoxy groups -OCH3 is 1. The van der Waals surface area contributed by atoms with E-state index in [0.29, 0.717) is 18.3 Å². The number of nitrogens with zero attached hydrogens (tertiary/aromatic N) is 4. The van der Waals surface area contributed by atoms with Gasteiger partial charge >= 0.3 is 0 Å². The summed E-state index contributed by atoms with van der Waals surface area (Å²) in [6.07, 6.45) is 1.66. The number of hydrogen-bond acceptors (Lipinski definition) is 5. The van der Waals surface area contributed by atoms with Crippen molar-refractivity contribution in [3.8, 4) is 5.88 Å². The van der Waals surface area contributed by atoms with Gasteiger partial charge in [-0.15, -0.1) is 0 Å². The van der Waals surface area contributed by atoms with Gasteiger partial charge in [-0.1, -0.05) is 19.6 Å². The highest BCUT2D eigenvalue weighted by Crippen LogP contribution is 2.23. The number of hydrogen-bond donors (Lipinski definition) is 0. The van der Waals surface area contributed by atoms with E-state index in [1.807, 2.05) is 0 Å². The topological polar surface area (TPSA) is 62.1 Å². The standard InChI is InChI=1S/C12H19ClN4O2Si/c1-18-11-9-7-14-17(10(9)15-12(13)16-11)8-19-5-6-20(2,3)4/h7H,5-6,8H2,1-4H3. The van der Waals surface area contributed by atoms with Crippen molar-refractivity contribution in [2.24, 2.45) is 0 Å². The van der Waals surface area contributed by atoms with Crippen LogP contribution in [0.15, 0.2) is 6.20 Å². The molecule has 0 aliphatic rings. The largest absolute Gasteiger partial charge is 0.480 e. The van der Waals surface area contributed by atoms with Crippen LogP contribution >= 0.6 is 11.6 Å². The maximum absolute atomic E-state index is 5.87. The zero-order chi connectivity index (χ0) is 14.8. The van der Waals surface area contributed by atoms with Crippen LogP contribution in [-0.2, 0) is 11.5 Å². The van der Waals surface area contributed by atoms with Crippen LogP contribution in [0.5, 0.6) is 5.88 Å². The van der Waals surface area contributed by atoms with Crippen LogP contribution in [0.1, 0.15) is 0 Å². The maximum Gasteiger partial charge on any atom is 0.228 e. The fourth-order valence-electron chi connectivity index (χ4n) is 1.68. The summed E-state index contributed by atoms with van der Waals surface area (Å²) in [5, 5.41) is 5.11. The Bertz CT molecular complexity index is 597. The molecule has 0 amide bonds. The number of rotatable bonds is 6. The molecule has 0 aliphatic carbocycles. The Balaban J connectivity index is 2.09. The normalized spacial score (nSPS) is 12.1. The van der Waals surface area contributed by atoms with E-state index in [1.165, 1.54) is 0 Å². The van der Waals surface area contributed by atoms with Crippen LogP contribution < -0.4 is 4.74 Å². The van der Waals surface area contributed by atoms with E-state index in [4.69, 9.17) is 21.1 Å². The minimum atomic E-state index is -1.08. The zero-order valence-corrected chi connectivity index (χ0v) is 13.9. The second-order valence-electron chi connectivity index (χ2n) is 5.73. The van der Waals surface area contributed by atoms with Gasteiger partial charge in [-0.25, -0.2) is 4.68 Å². The van der Waals surface area contributed by atoms with E-state index in [-0.39, 0.29) is 5.28 Å². The van der Waals surface area contributed by atoms with Crippen molar-refractivity contribution in [3.05, 3.63) is 11.5 Å². The molecule has 8 heteroatoms. The summed E-state index contributed by atoms with van der Waals surface area (Å²) >= 11 is 5.87. The molecule has 0 unspecified atom stereocenters. The average Bonchev–Trinajstić information content (AvgIpc) is 2.75. The summed E-state index contributed by atoms with van der Waals surface area (Å²) in [6.45, 7) is 8.03. The fraction of sp³-hybridized carbons (Fsp3) is 0.583. The molecule has 2 rings (SSSR count). The number of fused-ring (bicyclic) bond motifs is 1. The summed E-state index contributed by atoms with van der Waals surface area (Å²) in [5.74, 6) is 0.424. The Morgan fingerprint density at radius 1 is 1.30 bits per heavy atom. The van der Waals surface area contributed by atoms with Gasteiger partial charge in [0.05, 0.1) is 13.3 Å². The molecule has 6 nitrogen and oxygen atoms in total. The van der Waals surface area contributed by atoms with Crippen LogP contribution in [0, 0.1) is 0 Å². The van der Waals surface area contributed by atoms with Crippen LogP contribution in [-0.4, -0.2) is 41.5 Å². The molecule has 20 heavy (non-hydrogen) atoms. The number of halogens is 1. The molecular weight excluding hydrogens is 296 g/mol. The minimum absolute atomic E-state index is 0.137. The summed E-state index contributed by atoms with van der Waals surface area (Å²) in [4.78, 5) is 8.18. The van der Waals surface area contributed by atoms with Crippen LogP contribution in [0.3, 0.4) is 0 Å². The van der Waals surface area contributed by atoms with Crippen LogP contribution in [0.2, 0.25) is 31.0 Å². The second kappa shape index (κ2) is 6.07. The SMILES string of the molecule is COc1nc(Cl)nc2c1cnn2COCC[Si](C)(C)C. The summed E-state index contributed by atoms with van der Waals surface area (Å²) < 4.78 is 12.5. The molecule has 0 saturated carbocycles. The molecule has 0 fully saturated rings. The molecule has 0 aliphatic heterocycles. The Morgan fingerprint density at radius 3 is 2.70 bits per heavy atom. The van der Waals surface area contributed by atoms with Crippen molar-refractivity contribution >= 4 is 30.7 Å². The third kappa shape index (κ3) is 3.68. The van der Waals surface area contributed by atoms with Crippen LogP contribution in [0.4, 0.5) is 0 Å². The molecule has 0 atom stereocenters. The van der Waals surface area contributed by atoms with Gasteiger partial charge in [-0.2, -0.15) is 15.1 Å². The van der Waals surface area contributed by atoms with Gasteiger partial charge in [0.1, 0.15) is 12.1 Å². The Morgan fingerprint density at radius 2 is 2.05 bits per heavy atom. The van der Waals surface area contributed by atoms with Gasteiger partial charge in [-0.3, -0.25) is 0 Å². The molecule has 0 spiro atoms. The van der Waals surface area contributed by atoms with Crippen molar-refractivity contribution in [1.29, 1.82) is 0 Å². The Kier molecular flexibility index (Phi) is 4.61. The van der Waals surface area contributed by atoms with Gasteiger partial charge in [0, 0.05) is 14.7 Å². The second-order valence-corrected chi connectivity index (χ2v) is 11.7. The van der Waals surface area contributed by atoms with Gasteiger partial charge in [0.15, 0.2) is 5.65 Å². The summed E-state index contributed by atoms with van der Waals surface area (Å²) in [7, 11) is 0.464. The van der Waals surface area contributed by atoms with E-state index >= 15 is 0 Å². The van der Waals surface area contributed by atoms with Crippen LogP contribution in [0.25, 0.3) is 11.0 Å². The third-order valence-corrected chi connectivity index (χ3v) is 4.71. The lowest BCUT2D eigenvalue weighted by Crippen LogP contribution is -2.22. The van der Waals surface area contributed by atoms with E-state index in [2.05, 4.69) is 34.7 Å². The highest BCUT2D eigenvalue weighted by molar-refractivity contribution is 6.76. The van der Waals surface area contributed by atoms with Gasteiger partial charge in [0.2, 0.25) is 11.2 Å². The summed E-state index contributed by atoms with van der Waals surface area (Å²) in [6, 6.07) is 1.12. The van der Waals surface area contributed by atoms with Gasteiger partial charge in [-0.05, 0) is 17.6 Å². The average molecular weight is 315 g/mol. The molecule has 0 radical (unpaired) electrons. The molecule has 110 valence electrons. The quantitative estimate of drug-likeness (QED) is 0.466. The molecule has 2 heterocycles. The first kappa shape index (κ1) is 15.2. The maximum atomic E-state index is 5.87. The zero-order valence-electron chi connectivity index (χ0n) is 12.2. The van der Waals surface area contributed by atoms with Crippen molar-refractivity contribution < 1.29 is 9.47 Å². The highest BCUT2D eigenvalue weighted by atomic mass is 35.5. The predicted molar refractivity (Wildman–Crippen MR) is 81.0 cm³/mol. The number of aromatic nitrogens is 4. The molecule has 0 N–H and O–H groups in total. The fourth-order valence-corrected chi connectivity index (χ4v) is 2.60. The highest BCUT2D eigenvalue weighted by Gasteiger charge is 2.14. The Labute approximate surface area is 124 Å². The molecule has 0 aromatic carbocycles. The van der Waals surface area contributed by atoms with Crippen molar-refractivity contribution in [2.75, 3.05) is 13.7 Å². The molecule has 2 aromatic rings.